The first-order valence-electron chi connectivity index (χ1n) is 5.36. The first-order chi connectivity index (χ1) is 8.13. The molecule has 1 atom stereocenters. The second-order valence-electron chi connectivity index (χ2n) is 3.69. The number of aryl methyl sites for hydroxylation is 1. The van der Waals surface area contributed by atoms with Crippen LogP contribution in [-0.2, 0) is 11.3 Å². The molecule has 5 nitrogen and oxygen atoms in total. The van der Waals surface area contributed by atoms with Gasteiger partial charge in [0.1, 0.15) is 11.9 Å². The topological polar surface area (TPSA) is 75.1 Å². The van der Waals surface area contributed by atoms with Gasteiger partial charge in [-0.1, -0.05) is 0 Å². The maximum Gasteiger partial charge on any atom is 0.320 e. The van der Waals surface area contributed by atoms with E-state index in [2.05, 4.69) is 15.3 Å². The van der Waals surface area contributed by atoms with Crippen molar-refractivity contribution in [3.63, 3.8) is 0 Å². The molecule has 0 aliphatic heterocycles. The average Bonchev–Trinajstić information content (AvgIpc) is 2.31. The van der Waals surface area contributed by atoms with E-state index in [0.29, 0.717) is 18.8 Å². The van der Waals surface area contributed by atoms with Crippen LogP contribution in [0, 0.1) is 6.92 Å². The number of nitrogens with zero attached hydrogens (tertiary/aromatic N) is 2. The monoisotopic (exact) mass is 255 g/mol. The van der Waals surface area contributed by atoms with Crippen LogP contribution >= 0.6 is 11.8 Å². The summed E-state index contributed by atoms with van der Waals surface area (Å²) in [6.45, 7) is 2.29. The number of rotatable bonds is 7. The SMILES string of the molecule is CSCC[C@H](NCc1cnc(C)nc1)C(=O)O. The van der Waals surface area contributed by atoms with E-state index in [-0.39, 0.29) is 0 Å². The molecule has 0 saturated heterocycles. The zero-order valence-corrected chi connectivity index (χ0v) is 10.8. The molecule has 1 aromatic rings. The van der Waals surface area contributed by atoms with Gasteiger partial charge in [-0.2, -0.15) is 11.8 Å². The van der Waals surface area contributed by atoms with Crippen LogP contribution in [0.4, 0.5) is 0 Å². The van der Waals surface area contributed by atoms with Crippen LogP contribution in [0.5, 0.6) is 0 Å². The molecule has 0 amide bonds. The van der Waals surface area contributed by atoms with Crippen LogP contribution in [-0.4, -0.2) is 39.1 Å². The Balaban J connectivity index is 2.45. The number of carboxylic acids is 1. The lowest BCUT2D eigenvalue weighted by Crippen LogP contribution is -2.36. The summed E-state index contributed by atoms with van der Waals surface area (Å²) in [6.07, 6.45) is 6.00. The summed E-state index contributed by atoms with van der Waals surface area (Å²) in [5.74, 6) is 0.729. The molecule has 1 heterocycles. The Kier molecular flexibility index (Phi) is 5.93. The zero-order chi connectivity index (χ0) is 12.7. The molecule has 94 valence electrons. The van der Waals surface area contributed by atoms with Crippen molar-refractivity contribution in [2.45, 2.75) is 25.9 Å². The summed E-state index contributed by atoms with van der Waals surface area (Å²) < 4.78 is 0. The summed E-state index contributed by atoms with van der Waals surface area (Å²) in [5, 5.41) is 12.0. The number of hydrogen-bond acceptors (Lipinski definition) is 5. The third kappa shape index (κ3) is 5.14. The first kappa shape index (κ1) is 13.9. The Labute approximate surface area is 105 Å². The number of carbonyl (C=O) groups is 1. The number of aromatic nitrogens is 2. The number of nitrogens with one attached hydrogen (secondary N) is 1. The summed E-state index contributed by atoms with van der Waals surface area (Å²) in [6, 6.07) is -0.510. The fourth-order valence-electron chi connectivity index (χ4n) is 1.30. The second-order valence-corrected chi connectivity index (χ2v) is 4.68. The van der Waals surface area contributed by atoms with Gasteiger partial charge >= 0.3 is 5.97 Å². The van der Waals surface area contributed by atoms with Gasteiger partial charge in [-0.25, -0.2) is 9.97 Å². The van der Waals surface area contributed by atoms with Gasteiger partial charge in [-0.3, -0.25) is 4.79 Å². The lowest BCUT2D eigenvalue weighted by molar-refractivity contribution is -0.139. The number of thioether (sulfide) groups is 1. The normalized spacial score (nSPS) is 12.4. The maximum atomic E-state index is 11.0. The van der Waals surface area contributed by atoms with Crippen LogP contribution in [0.2, 0.25) is 0 Å². The van der Waals surface area contributed by atoms with E-state index >= 15 is 0 Å². The van der Waals surface area contributed by atoms with Gasteiger partial charge in [0.25, 0.3) is 0 Å². The van der Waals surface area contributed by atoms with Crippen molar-refractivity contribution in [3.05, 3.63) is 23.8 Å². The molecule has 0 saturated carbocycles. The van der Waals surface area contributed by atoms with Gasteiger partial charge in [-0.15, -0.1) is 0 Å². The van der Waals surface area contributed by atoms with Crippen LogP contribution in [0.25, 0.3) is 0 Å². The molecule has 0 unspecified atom stereocenters. The van der Waals surface area contributed by atoms with Crippen molar-refractivity contribution >= 4 is 17.7 Å². The highest BCUT2D eigenvalue weighted by molar-refractivity contribution is 7.98. The standard InChI is InChI=1S/C11H17N3O2S/c1-8-12-5-9(6-13-8)7-14-10(11(15)16)3-4-17-2/h5-6,10,14H,3-4,7H2,1-2H3,(H,15,16)/t10-/m0/s1. The Morgan fingerprint density at radius 2 is 2.18 bits per heavy atom. The zero-order valence-electron chi connectivity index (χ0n) is 10.0. The van der Waals surface area contributed by atoms with E-state index in [1.807, 2.05) is 13.2 Å². The van der Waals surface area contributed by atoms with Crippen molar-refractivity contribution < 1.29 is 9.90 Å². The molecule has 2 N–H and O–H groups in total. The molecule has 1 aromatic heterocycles. The minimum Gasteiger partial charge on any atom is -0.480 e. The Hall–Kier alpha value is -1.14. The lowest BCUT2D eigenvalue weighted by Gasteiger charge is -2.13. The molecule has 0 bridgehead atoms. The molecule has 0 spiro atoms. The first-order valence-corrected chi connectivity index (χ1v) is 6.75. The largest absolute Gasteiger partial charge is 0.480 e. The molecule has 1 rings (SSSR count). The third-order valence-electron chi connectivity index (χ3n) is 2.30. The second kappa shape index (κ2) is 7.24. The fraction of sp³-hybridized carbons (Fsp3) is 0.545. The quantitative estimate of drug-likeness (QED) is 0.759. The summed E-state index contributed by atoms with van der Waals surface area (Å²) in [5.41, 5.74) is 0.894. The van der Waals surface area contributed by atoms with Crippen LogP contribution in [0.15, 0.2) is 12.4 Å². The van der Waals surface area contributed by atoms with Crippen molar-refractivity contribution in [2.24, 2.45) is 0 Å². The maximum absolute atomic E-state index is 11.0. The molecule has 17 heavy (non-hydrogen) atoms. The number of aliphatic carboxylic acids is 1. The highest BCUT2D eigenvalue weighted by Gasteiger charge is 2.15. The third-order valence-corrected chi connectivity index (χ3v) is 2.94. The Morgan fingerprint density at radius 3 is 2.71 bits per heavy atom. The summed E-state index contributed by atoms with van der Waals surface area (Å²) in [7, 11) is 0. The summed E-state index contributed by atoms with van der Waals surface area (Å²) >= 11 is 1.64. The van der Waals surface area contributed by atoms with Gasteiger partial charge < -0.3 is 10.4 Å². The van der Waals surface area contributed by atoms with E-state index in [1.165, 1.54) is 0 Å². The predicted octanol–water partition coefficient (Wildman–Crippen LogP) is 1.08. The Morgan fingerprint density at radius 1 is 1.53 bits per heavy atom. The molecular formula is C11H17N3O2S. The van der Waals surface area contributed by atoms with E-state index in [9.17, 15) is 4.79 Å². The van der Waals surface area contributed by atoms with Crippen molar-refractivity contribution in [1.82, 2.24) is 15.3 Å². The van der Waals surface area contributed by atoms with Gasteiger partial charge in [0.2, 0.25) is 0 Å². The number of hydrogen-bond donors (Lipinski definition) is 2. The molecule has 0 fully saturated rings. The minimum atomic E-state index is -0.813. The summed E-state index contributed by atoms with van der Waals surface area (Å²) in [4.78, 5) is 19.1. The predicted molar refractivity (Wildman–Crippen MR) is 68.0 cm³/mol. The fourth-order valence-corrected chi connectivity index (χ4v) is 1.77. The highest BCUT2D eigenvalue weighted by Crippen LogP contribution is 2.03. The van der Waals surface area contributed by atoms with Crippen molar-refractivity contribution in [2.75, 3.05) is 12.0 Å². The van der Waals surface area contributed by atoms with E-state index in [1.54, 1.807) is 24.2 Å². The van der Waals surface area contributed by atoms with Gasteiger partial charge in [-0.05, 0) is 25.4 Å². The van der Waals surface area contributed by atoms with Gasteiger partial charge in [0, 0.05) is 24.5 Å². The minimum absolute atomic E-state index is 0.478. The molecule has 0 aromatic carbocycles. The molecule has 0 radical (unpaired) electrons. The lowest BCUT2D eigenvalue weighted by atomic mass is 10.2. The average molecular weight is 255 g/mol. The molecule has 0 aliphatic rings. The van der Waals surface area contributed by atoms with Crippen molar-refractivity contribution in [3.8, 4) is 0 Å². The highest BCUT2D eigenvalue weighted by atomic mass is 32.2. The van der Waals surface area contributed by atoms with Crippen molar-refractivity contribution in [1.29, 1.82) is 0 Å². The van der Waals surface area contributed by atoms with Crippen LogP contribution in [0.1, 0.15) is 17.8 Å². The molecule has 0 aliphatic carbocycles. The Bertz CT molecular complexity index is 356. The smallest absolute Gasteiger partial charge is 0.320 e. The number of carboxylic acid groups (broad SMARTS) is 1. The van der Waals surface area contributed by atoms with E-state index < -0.39 is 12.0 Å². The van der Waals surface area contributed by atoms with E-state index in [0.717, 1.165) is 11.3 Å². The molecular weight excluding hydrogens is 238 g/mol. The van der Waals surface area contributed by atoms with E-state index in [4.69, 9.17) is 5.11 Å². The van der Waals surface area contributed by atoms with Crippen LogP contribution in [0.3, 0.4) is 0 Å². The molecule has 6 heteroatoms. The van der Waals surface area contributed by atoms with Gasteiger partial charge in [0.05, 0.1) is 0 Å². The van der Waals surface area contributed by atoms with Crippen LogP contribution < -0.4 is 5.32 Å². The van der Waals surface area contributed by atoms with Gasteiger partial charge in [0.15, 0.2) is 0 Å².